The van der Waals surface area contributed by atoms with Crippen LogP contribution in [0.2, 0.25) is 0 Å². The summed E-state index contributed by atoms with van der Waals surface area (Å²) in [5, 5.41) is 3.08. The molecule has 2 unspecified atom stereocenters. The molecule has 1 saturated heterocycles. The van der Waals surface area contributed by atoms with Crippen molar-refractivity contribution in [3.63, 3.8) is 0 Å². The lowest BCUT2D eigenvalue weighted by molar-refractivity contribution is 0.625. The summed E-state index contributed by atoms with van der Waals surface area (Å²) in [5.41, 5.74) is 0. The van der Waals surface area contributed by atoms with E-state index in [1.807, 2.05) is 13.1 Å². The Morgan fingerprint density at radius 3 is 2.80 bits per heavy atom. The van der Waals surface area contributed by atoms with Gasteiger partial charge in [-0.05, 0) is 31.4 Å². The van der Waals surface area contributed by atoms with Gasteiger partial charge in [-0.25, -0.2) is 4.98 Å². The van der Waals surface area contributed by atoms with Crippen molar-refractivity contribution >= 4 is 11.6 Å². The first-order valence-corrected chi connectivity index (χ1v) is 5.62. The standard InChI is InChI=1S/C12H19N3/c1-9-7-10(2)15(8-9)12-6-4-5-11(13-3)14-12/h4-6,9-10H,7-8H2,1-3H3,(H,13,14). The van der Waals surface area contributed by atoms with E-state index >= 15 is 0 Å². The maximum atomic E-state index is 4.57. The third kappa shape index (κ3) is 2.06. The second-order valence-corrected chi connectivity index (χ2v) is 4.47. The van der Waals surface area contributed by atoms with Gasteiger partial charge in [0.25, 0.3) is 0 Å². The van der Waals surface area contributed by atoms with Crippen molar-refractivity contribution < 1.29 is 0 Å². The lowest BCUT2D eigenvalue weighted by Crippen LogP contribution is -2.27. The van der Waals surface area contributed by atoms with Crippen LogP contribution in [0.25, 0.3) is 0 Å². The van der Waals surface area contributed by atoms with Crippen LogP contribution in [0.4, 0.5) is 11.6 Å². The zero-order chi connectivity index (χ0) is 10.8. The van der Waals surface area contributed by atoms with Crippen LogP contribution in [-0.2, 0) is 0 Å². The van der Waals surface area contributed by atoms with E-state index in [1.54, 1.807) is 0 Å². The summed E-state index contributed by atoms with van der Waals surface area (Å²) in [5.74, 6) is 2.82. The molecule has 0 aromatic carbocycles. The molecule has 1 aromatic heterocycles. The molecule has 1 aliphatic rings. The number of rotatable bonds is 2. The van der Waals surface area contributed by atoms with Crippen LogP contribution in [0.15, 0.2) is 18.2 Å². The van der Waals surface area contributed by atoms with Gasteiger partial charge in [0.05, 0.1) is 0 Å². The topological polar surface area (TPSA) is 28.2 Å². The Labute approximate surface area is 91.5 Å². The van der Waals surface area contributed by atoms with Gasteiger partial charge in [0.1, 0.15) is 11.6 Å². The van der Waals surface area contributed by atoms with Crippen LogP contribution >= 0.6 is 0 Å². The Morgan fingerprint density at radius 1 is 1.40 bits per heavy atom. The second-order valence-electron chi connectivity index (χ2n) is 4.47. The van der Waals surface area contributed by atoms with Gasteiger partial charge in [0.15, 0.2) is 0 Å². The fourth-order valence-corrected chi connectivity index (χ4v) is 2.34. The molecule has 3 heteroatoms. The van der Waals surface area contributed by atoms with Crippen LogP contribution in [0, 0.1) is 5.92 Å². The summed E-state index contributed by atoms with van der Waals surface area (Å²) >= 11 is 0. The summed E-state index contributed by atoms with van der Waals surface area (Å²) in [6.07, 6.45) is 1.27. The minimum atomic E-state index is 0.611. The van der Waals surface area contributed by atoms with E-state index < -0.39 is 0 Å². The number of hydrogen-bond acceptors (Lipinski definition) is 3. The van der Waals surface area contributed by atoms with E-state index in [9.17, 15) is 0 Å². The van der Waals surface area contributed by atoms with Crippen LogP contribution < -0.4 is 10.2 Å². The van der Waals surface area contributed by atoms with Gasteiger partial charge < -0.3 is 10.2 Å². The molecule has 0 radical (unpaired) electrons. The molecule has 2 atom stereocenters. The molecule has 0 saturated carbocycles. The minimum Gasteiger partial charge on any atom is -0.373 e. The summed E-state index contributed by atoms with van der Waals surface area (Å²) in [4.78, 5) is 6.97. The molecule has 15 heavy (non-hydrogen) atoms. The molecular weight excluding hydrogens is 186 g/mol. The van der Waals surface area contributed by atoms with Gasteiger partial charge in [0.2, 0.25) is 0 Å². The highest BCUT2D eigenvalue weighted by molar-refractivity contribution is 5.48. The fraction of sp³-hybridized carbons (Fsp3) is 0.583. The Morgan fingerprint density at radius 2 is 2.20 bits per heavy atom. The average molecular weight is 205 g/mol. The average Bonchev–Trinajstić information content (AvgIpc) is 2.58. The minimum absolute atomic E-state index is 0.611. The van der Waals surface area contributed by atoms with Crippen molar-refractivity contribution in [3.05, 3.63) is 18.2 Å². The smallest absolute Gasteiger partial charge is 0.131 e. The molecule has 2 rings (SSSR count). The van der Waals surface area contributed by atoms with Crippen molar-refractivity contribution in [2.24, 2.45) is 5.92 Å². The van der Waals surface area contributed by atoms with E-state index in [0.717, 1.165) is 24.1 Å². The quantitative estimate of drug-likeness (QED) is 0.803. The molecule has 0 spiro atoms. The molecule has 1 fully saturated rings. The SMILES string of the molecule is CNc1cccc(N2CC(C)CC2C)n1. The van der Waals surface area contributed by atoms with Gasteiger partial charge in [0, 0.05) is 19.6 Å². The van der Waals surface area contributed by atoms with Gasteiger partial charge >= 0.3 is 0 Å². The first-order chi connectivity index (χ1) is 7.20. The molecule has 3 nitrogen and oxygen atoms in total. The molecule has 0 aliphatic carbocycles. The highest BCUT2D eigenvalue weighted by Gasteiger charge is 2.26. The second kappa shape index (κ2) is 4.09. The van der Waals surface area contributed by atoms with Gasteiger partial charge in [-0.1, -0.05) is 13.0 Å². The number of nitrogens with one attached hydrogen (secondary N) is 1. The Hall–Kier alpha value is -1.25. The molecule has 1 N–H and O–H groups in total. The molecule has 0 bridgehead atoms. The van der Waals surface area contributed by atoms with Crippen molar-refractivity contribution in [1.82, 2.24) is 4.98 Å². The molecule has 0 amide bonds. The Balaban J connectivity index is 2.21. The highest BCUT2D eigenvalue weighted by atomic mass is 15.2. The number of anilines is 2. The predicted octanol–water partition coefficient (Wildman–Crippen LogP) is 2.36. The van der Waals surface area contributed by atoms with Crippen LogP contribution in [-0.4, -0.2) is 24.6 Å². The Kier molecular flexibility index (Phi) is 2.80. The van der Waals surface area contributed by atoms with E-state index in [4.69, 9.17) is 0 Å². The summed E-state index contributed by atoms with van der Waals surface area (Å²) in [6.45, 7) is 5.71. The summed E-state index contributed by atoms with van der Waals surface area (Å²) in [7, 11) is 1.90. The van der Waals surface area contributed by atoms with Crippen LogP contribution in [0.5, 0.6) is 0 Å². The van der Waals surface area contributed by atoms with Crippen molar-refractivity contribution in [2.75, 3.05) is 23.8 Å². The molecule has 1 aromatic rings. The van der Waals surface area contributed by atoms with Crippen molar-refractivity contribution in [1.29, 1.82) is 0 Å². The maximum Gasteiger partial charge on any atom is 0.131 e. The van der Waals surface area contributed by atoms with Gasteiger partial charge in [-0.15, -0.1) is 0 Å². The third-order valence-electron chi connectivity index (χ3n) is 3.07. The van der Waals surface area contributed by atoms with E-state index in [-0.39, 0.29) is 0 Å². The maximum absolute atomic E-state index is 4.57. The summed E-state index contributed by atoms with van der Waals surface area (Å²) < 4.78 is 0. The predicted molar refractivity (Wildman–Crippen MR) is 64.4 cm³/mol. The number of hydrogen-bond donors (Lipinski definition) is 1. The normalized spacial score (nSPS) is 25.7. The van der Waals surface area contributed by atoms with Gasteiger partial charge in [-0.3, -0.25) is 0 Å². The number of aromatic nitrogens is 1. The third-order valence-corrected chi connectivity index (χ3v) is 3.07. The number of nitrogens with zero attached hydrogens (tertiary/aromatic N) is 2. The molecular formula is C12H19N3. The molecule has 82 valence electrons. The first-order valence-electron chi connectivity index (χ1n) is 5.62. The molecule has 2 heterocycles. The van der Waals surface area contributed by atoms with Crippen molar-refractivity contribution in [3.8, 4) is 0 Å². The van der Waals surface area contributed by atoms with Crippen molar-refractivity contribution in [2.45, 2.75) is 26.3 Å². The Bertz CT molecular complexity index is 337. The van der Waals surface area contributed by atoms with Crippen LogP contribution in [0.1, 0.15) is 20.3 Å². The van der Waals surface area contributed by atoms with E-state index in [1.165, 1.54) is 6.42 Å². The zero-order valence-electron chi connectivity index (χ0n) is 9.70. The highest BCUT2D eigenvalue weighted by Crippen LogP contribution is 2.27. The van der Waals surface area contributed by atoms with Crippen LogP contribution in [0.3, 0.4) is 0 Å². The lowest BCUT2D eigenvalue weighted by atomic mass is 10.1. The summed E-state index contributed by atoms with van der Waals surface area (Å²) in [6, 6.07) is 6.76. The monoisotopic (exact) mass is 205 g/mol. The largest absolute Gasteiger partial charge is 0.373 e. The zero-order valence-corrected chi connectivity index (χ0v) is 9.70. The molecule has 1 aliphatic heterocycles. The first kappa shape index (κ1) is 10.3. The lowest BCUT2D eigenvalue weighted by Gasteiger charge is -2.22. The number of pyridine rings is 1. The van der Waals surface area contributed by atoms with E-state index in [2.05, 4.69) is 41.2 Å². The van der Waals surface area contributed by atoms with Gasteiger partial charge in [-0.2, -0.15) is 0 Å². The van der Waals surface area contributed by atoms with E-state index in [0.29, 0.717) is 6.04 Å². The fourth-order valence-electron chi connectivity index (χ4n) is 2.34.